The zero-order valence-corrected chi connectivity index (χ0v) is 10.9. The molecule has 0 saturated heterocycles. The molecule has 0 bridgehead atoms. The number of aromatic nitrogens is 5. The van der Waals surface area contributed by atoms with Crippen LogP contribution in [-0.2, 0) is 6.54 Å². The first-order valence-electron chi connectivity index (χ1n) is 5.62. The van der Waals surface area contributed by atoms with E-state index in [9.17, 15) is 10.1 Å². The van der Waals surface area contributed by atoms with Gasteiger partial charge in [0.25, 0.3) is 0 Å². The molecule has 0 amide bonds. The van der Waals surface area contributed by atoms with Crippen molar-refractivity contribution in [1.29, 1.82) is 0 Å². The summed E-state index contributed by atoms with van der Waals surface area (Å²) in [5, 5.41) is 16.9. The van der Waals surface area contributed by atoms with Crippen LogP contribution in [0.25, 0.3) is 10.7 Å². The summed E-state index contributed by atoms with van der Waals surface area (Å²) in [7, 11) is 0. The van der Waals surface area contributed by atoms with Gasteiger partial charge in [0.2, 0.25) is 6.33 Å². The minimum absolute atomic E-state index is 0.337. The van der Waals surface area contributed by atoms with Crippen molar-refractivity contribution in [2.45, 2.75) is 6.54 Å². The van der Waals surface area contributed by atoms with Crippen LogP contribution >= 0.6 is 11.3 Å². The molecule has 0 aromatic carbocycles. The Labute approximate surface area is 116 Å². The van der Waals surface area contributed by atoms with Crippen LogP contribution in [-0.4, -0.2) is 29.7 Å². The lowest BCUT2D eigenvalue weighted by atomic mass is 10.4. The second-order valence-electron chi connectivity index (χ2n) is 3.86. The second-order valence-corrected chi connectivity index (χ2v) is 4.72. The van der Waals surface area contributed by atoms with Crippen LogP contribution in [0.15, 0.2) is 36.1 Å². The third kappa shape index (κ3) is 2.52. The molecular weight excluding hydrogens is 280 g/mol. The van der Waals surface area contributed by atoms with Gasteiger partial charge in [-0.15, -0.1) is 11.3 Å². The largest absolute Gasteiger partial charge is 0.490 e. The molecule has 3 aromatic rings. The first-order valence-corrected chi connectivity index (χ1v) is 6.50. The van der Waals surface area contributed by atoms with Gasteiger partial charge >= 0.3 is 5.95 Å². The molecular formula is C11H8N6O2S. The van der Waals surface area contributed by atoms with Crippen LogP contribution in [0.3, 0.4) is 0 Å². The van der Waals surface area contributed by atoms with E-state index in [1.165, 1.54) is 22.3 Å². The van der Waals surface area contributed by atoms with Crippen LogP contribution in [0.5, 0.6) is 0 Å². The molecule has 3 aromatic heterocycles. The molecule has 0 fully saturated rings. The molecule has 0 aliphatic rings. The maximum absolute atomic E-state index is 10.5. The highest BCUT2D eigenvalue weighted by Crippen LogP contribution is 2.21. The van der Waals surface area contributed by atoms with Gasteiger partial charge in [-0.1, -0.05) is 11.1 Å². The highest BCUT2D eigenvalue weighted by atomic mass is 32.1. The Kier molecular flexibility index (Phi) is 3.17. The maximum Gasteiger partial charge on any atom is 0.490 e. The maximum atomic E-state index is 10.5. The van der Waals surface area contributed by atoms with Crippen molar-refractivity contribution >= 4 is 17.3 Å². The van der Waals surface area contributed by atoms with Gasteiger partial charge in [-0.2, -0.15) is 4.68 Å². The second kappa shape index (κ2) is 5.13. The third-order valence-corrected chi connectivity index (χ3v) is 3.36. The molecule has 8 nitrogen and oxygen atoms in total. The van der Waals surface area contributed by atoms with E-state index in [4.69, 9.17) is 0 Å². The molecule has 3 rings (SSSR count). The van der Waals surface area contributed by atoms with E-state index in [-0.39, 0.29) is 0 Å². The summed E-state index contributed by atoms with van der Waals surface area (Å²) in [5.74, 6) is -0.412. The SMILES string of the molecule is O=[N+]([O-])c1ncn(Cc2csc(-c3ccccn3)n2)n1. The van der Waals surface area contributed by atoms with E-state index in [2.05, 4.69) is 20.1 Å². The summed E-state index contributed by atoms with van der Waals surface area (Å²) >= 11 is 1.47. The van der Waals surface area contributed by atoms with Gasteiger partial charge in [0.1, 0.15) is 11.6 Å². The number of hydrogen-bond acceptors (Lipinski definition) is 7. The first-order chi connectivity index (χ1) is 9.72. The number of pyridine rings is 1. The molecule has 0 atom stereocenters. The summed E-state index contributed by atoms with van der Waals surface area (Å²) in [5.41, 5.74) is 1.56. The van der Waals surface area contributed by atoms with Crippen molar-refractivity contribution in [2.24, 2.45) is 0 Å². The summed E-state index contributed by atoms with van der Waals surface area (Å²) in [6.45, 7) is 0.337. The molecule has 3 heterocycles. The van der Waals surface area contributed by atoms with Crippen molar-refractivity contribution in [3.05, 3.63) is 51.9 Å². The Morgan fingerprint density at radius 2 is 2.25 bits per heavy atom. The lowest BCUT2D eigenvalue weighted by Gasteiger charge is -1.93. The van der Waals surface area contributed by atoms with Crippen molar-refractivity contribution in [1.82, 2.24) is 24.7 Å². The molecule has 20 heavy (non-hydrogen) atoms. The lowest BCUT2D eigenvalue weighted by molar-refractivity contribution is -0.394. The van der Waals surface area contributed by atoms with E-state index < -0.39 is 10.9 Å². The van der Waals surface area contributed by atoms with Gasteiger partial charge in [0, 0.05) is 16.7 Å². The smallest absolute Gasteiger partial charge is 0.390 e. The Morgan fingerprint density at radius 3 is 2.95 bits per heavy atom. The van der Waals surface area contributed by atoms with E-state index in [0.717, 1.165) is 16.4 Å². The molecule has 0 N–H and O–H groups in total. The van der Waals surface area contributed by atoms with Crippen LogP contribution in [0, 0.1) is 10.1 Å². The quantitative estimate of drug-likeness (QED) is 0.535. The molecule has 100 valence electrons. The zero-order valence-electron chi connectivity index (χ0n) is 10.1. The van der Waals surface area contributed by atoms with Crippen molar-refractivity contribution in [3.8, 4) is 10.7 Å². The summed E-state index contributed by atoms with van der Waals surface area (Å²) in [6.07, 6.45) is 3.02. The van der Waals surface area contributed by atoms with Crippen molar-refractivity contribution in [2.75, 3.05) is 0 Å². The molecule has 0 aliphatic carbocycles. The van der Waals surface area contributed by atoms with Gasteiger partial charge in [0.05, 0.1) is 11.4 Å². The molecule has 0 unspecified atom stereocenters. The van der Waals surface area contributed by atoms with Gasteiger partial charge in [0.15, 0.2) is 0 Å². The fourth-order valence-corrected chi connectivity index (χ4v) is 2.38. The predicted molar refractivity (Wildman–Crippen MR) is 71.1 cm³/mol. The topological polar surface area (TPSA) is 99.6 Å². The van der Waals surface area contributed by atoms with Gasteiger partial charge in [-0.05, 0) is 17.1 Å². The standard InChI is InChI=1S/C11H8N6O2S/c18-17(19)11-13-7-16(15-11)5-8-6-20-10(14-8)9-3-1-2-4-12-9/h1-4,6-7H,5H2. The fourth-order valence-electron chi connectivity index (χ4n) is 1.60. The van der Waals surface area contributed by atoms with E-state index in [1.54, 1.807) is 6.20 Å². The minimum Gasteiger partial charge on any atom is -0.390 e. The molecule has 9 heteroatoms. The predicted octanol–water partition coefficient (Wildman–Crippen LogP) is 1.75. The Balaban J connectivity index is 1.78. The fraction of sp³-hybridized carbons (Fsp3) is 0.0909. The number of nitrogens with zero attached hydrogens (tertiary/aromatic N) is 6. The molecule has 0 spiro atoms. The average molecular weight is 288 g/mol. The van der Waals surface area contributed by atoms with Crippen molar-refractivity contribution < 1.29 is 4.92 Å². The normalized spacial score (nSPS) is 10.6. The summed E-state index contributed by atoms with van der Waals surface area (Å²) in [4.78, 5) is 22.1. The summed E-state index contributed by atoms with van der Waals surface area (Å²) in [6, 6.07) is 5.61. The van der Waals surface area contributed by atoms with Gasteiger partial charge < -0.3 is 10.1 Å². The van der Waals surface area contributed by atoms with E-state index in [0.29, 0.717) is 6.54 Å². The van der Waals surface area contributed by atoms with Crippen LogP contribution < -0.4 is 0 Å². The first kappa shape index (κ1) is 12.4. The van der Waals surface area contributed by atoms with E-state index >= 15 is 0 Å². The highest BCUT2D eigenvalue weighted by molar-refractivity contribution is 7.13. The van der Waals surface area contributed by atoms with Crippen LogP contribution in [0.4, 0.5) is 5.95 Å². The Bertz CT molecular complexity index is 738. The monoisotopic (exact) mass is 288 g/mol. The molecule has 0 saturated carbocycles. The Hall–Kier alpha value is -2.68. The average Bonchev–Trinajstić information content (AvgIpc) is 3.10. The number of nitro groups is 1. The third-order valence-electron chi connectivity index (χ3n) is 2.45. The highest BCUT2D eigenvalue weighted by Gasteiger charge is 2.14. The molecule has 0 radical (unpaired) electrons. The van der Waals surface area contributed by atoms with Gasteiger partial charge in [-0.25, -0.2) is 4.98 Å². The number of hydrogen-bond donors (Lipinski definition) is 0. The van der Waals surface area contributed by atoms with Crippen molar-refractivity contribution in [3.63, 3.8) is 0 Å². The van der Waals surface area contributed by atoms with Gasteiger partial charge in [-0.3, -0.25) is 4.98 Å². The minimum atomic E-state index is -0.628. The van der Waals surface area contributed by atoms with Crippen LogP contribution in [0.2, 0.25) is 0 Å². The molecule has 0 aliphatic heterocycles. The summed E-state index contributed by atoms with van der Waals surface area (Å²) < 4.78 is 1.38. The lowest BCUT2D eigenvalue weighted by Crippen LogP contribution is -2.01. The number of thiazole rings is 1. The Morgan fingerprint density at radius 1 is 1.35 bits per heavy atom. The van der Waals surface area contributed by atoms with Crippen LogP contribution in [0.1, 0.15) is 5.69 Å². The van der Waals surface area contributed by atoms with E-state index in [1.807, 2.05) is 23.6 Å². The number of rotatable bonds is 4. The zero-order chi connectivity index (χ0) is 13.9.